The Bertz CT molecular complexity index is 684. The molecule has 0 spiro atoms. The molecule has 20 heavy (non-hydrogen) atoms. The number of carbonyl (C=O) groups excluding carboxylic acids is 1. The van der Waals surface area contributed by atoms with Crippen LogP contribution in [0.3, 0.4) is 0 Å². The number of rotatable bonds is 4. The van der Waals surface area contributed by atoms with E-state index in [1.54, 1.807) is 31.3 Å². The number of benzene rings is 1. The Morgan fingerprint density at radius 3 is 2.80 bits per heavy atom. The molecule has 0 radical (unpaired) electrons. The highest BCUT2D eigenvalue weighted by Crippen LogP contribution is 2.20. The molecule has 104 valence electrons. The van der Waals surface area contributed by atoms with E-state index in [0.29, 0.717) is 16.4 Å². The van der Waals surface area contributed by atoms with Crippen LogP contribution in [0.1, 0.15) is 0 Å². The van der Waals surface area contributed by atoms with Gasteiger partial charge in [-0.25, -0.2) is 4.68 Å². The summed E-state index contributed by atoms with van der Waals surface area (Å²) in [6.07, 6.45) is 1.48. The van der Waals surface area contributed by atoms with Crippen molar-refractivity contribution in [3.8, 4) is 0 Å². The first-order valence-electron chi connectivity index (χ1n) is 5.89. The molecule has 2 N–H and O–H groups in total. The number of para-hydroxylation sites is 1. The summed E-state index contributed by atoms with van der Waals surface area (Å²) in [5, 5.41) is 9.77. The van der Waals surface area contributed by atoms with E-state index in [9.17, 15) is 9.59 Å². The number of nitrogens with one attached hydrogen (secondary N) is 2. The predicted octanol–water partition coefficient (Wildman–Crippen LogP) is 1.58. The number of amides is 1. The average molecular weight is 293 g/mol. The molecule has 0 bridgehead atoms. The van der Waals surface area contributed by atoms with Gasteiger partial charge in [0.25, 0.3) is 5.56 Å². The van der Waals surface area contributed by atoms with E-state index < -0.39 is 0 Å². The maximum absolute atomic E-state index is 11.9. The van der Waals surface area contributed by atoms with Crippen molar-refractivity contribution in [1.82, 2.24) is 9.78 Å². The number of halogens is 1. The molecule has 6 nitrogen and oxygen atoms in total. The molecule has 0 saturated heterocycles. The molecule has 0 aliphatic rings. The molecule has 1 heterocycles. The van der Waals surface area contributed by atoms with Crippen LogP contribution in [0.5, 0.6) is 0 Å². The van der Waals surface area contributed by atoms with Crippen LogP contribution in [0, 0.1) is 0 Å². The topological polar surface area (TPSA) is 76.0 Å². The quantitative estimate of drug-likeness (QED) is 0.897. The molecule has 1 amide bonds. The van der Waals surface area contributed by atoms with Gasteiger partial charge in [-0.2, -0.15) is 5.10 Å². The Morgan fingerprint density at radius 1 is 1.40 bits per heavy atom. The normalized spacial score (nSPS) is 10.1. The predicted molar refractivity (Wildman–Crippen MR) is 78.1 cm³/mol. The van der Waals surface area contributed by atoms with Crippen molar-refractivity contribution in [2.75, 3.05) is 17.7 Å². The lowest BCUT2D eigenvalue weighted by Crippen LogP contribution is -2.29. The van der Waals surface area contributed by atoms with E-state index in [0.717, 1.165) is 4.68 Å². The lowest BCUT2D eigenvalue weighted by Gasteiger charge is -2.08. The molecule has 0 aliphatic carbocycles. The van der Waals surface area contributed by atoms with E-state index in [1.165, 1.54) is 12.3 Å². The summed E-state index contributed by atoms with van der Waals surface area (Å²) < 4.78 is 1.08. The number of carbonyl (C=O) groups is 1. The lowest BCUT2D eigenvalue weighted by molar-refractivity contribution is -0.117. The van der Waals surface area contributed by atoms with Gasteiger partial charge in [0.05, 0.1) is 22.6 Å². The van der Waals surface area contributed by atoms with Crippen LogP contribution in [-0.4, -0.2) is 22.7 Å². The van der Waals surface area contributed by atoms with Gasteiger partial charge >= 0.3 is 0 Å². The number of anilines is 2. The minimum absolute atomic E-state index is 0.173. The average Bonchev–Trinajstić information content (AvgIpc) is 2.43. The fourth-order valence-corrected chi connectivity index (χ4v) is 1.76. The molecule has 0 aliphatic heterocycles. The Labute approximate surface area is 120 Å². The summed E-state index contributed by atoms with van der Waals surface area (Å²) >= 11 is 5.94. The van der Waals surface area contributed by atoms with E-state index in [2.05, 4.69) is 15.7 Å². The molecular formula is C13H13ClN4O2. The summed E-state index contributed by atoms with van der Waals surface area (Å²) in [6.45, 7) is -0.173. The lowest BCUT2D eigenvalue weighted by atomic mass is 10.3. The smallest absolute Gasteiger partial charge is 0.269 e. The zero-order valence-corrected chi connectivity index (χ0v) is 11.5. The van der Waals surface area contributed by atoms with Gasteiger partial charge in [-0.15, -0.1) is 0 Å². The van der Waals surface area contributed by atoms with Crippen molar-refractivity contribution in [2.24, 2.45) is 0 Å². The van der Waals surface area contributed by atoms with E-state index in [1.807, 2.05) is 0 Å². The van der Waals surface area contributed by atoms with Gasteiger partial charge in [-0.05, 0) is 12.1 Å². The van der Waals surface area contributed by atoms with Gasteiger partial charge in [0.2, 0.25) is 5.91 Å². The van der Waals surface area contributed by atoms with Crippen molar-refractivity contribution < 1.29 is 4.79 Å². The summed E-state index contributed by atoms with van der Waals surface area (Å²) in [5.74, 6) is -0.370. The molecule has 0 atom stereocenters. The maximum atomic E-state index is 11.9. The summed E-state index contributed by atoms with van der Waals surface area (Å²) in [7, 11) is 1.69. The van der Waals surface area contributed by atoms with Gasteiger partial charge < -0.3 is 10.6 Å². The second-order valence-electron chi connectivity index (χ2n) is 4.02. The van der Waals surface area contributed by atoms with Crippen LogP contribution in [0.2, 0.25) is 5.02 Å². The van der Waals surface area contributed by atoms with Crippen LogP contribution in [0.4, 0.5) is 11.4 Å². The van der Waals surface area contributed by atoms with Crippen molar-refractivity contribution in [3.05, 3.63) is 51.9 Å². The van der Waals surface area contributed by atoms with Gasteiger partial charge in [0.15, 0.2) is 0 Å². The van der Waals surface area contributed by atoms with Crippen LogP contribution in [0.15, 0.2) is 41.3 Å². The van der Waals surface area contributed by atoms with Gasteiger partial charge in [0.1, 0.15) is 6.54 Å². The number of nitrogens with zero attached hydrogens (tertiary/aromatic N) is 2. The standard InChI is InChI=1S/C13H13ClN4O2/c1-15-9-6-13(20)18(16-7-9)8-12(19)17-11-5-3-2-4-10(11)14/h2-7,15H,8H2,1H3,(H,17,19). The molecule has 2 aromatic rings. The third kappa shape index (κ3) is 3.36. The largest absolute Gasteiger partial charge is 0.387 e. The Morgan fingerprint density at radius 2 is 2.15 bits per heavy atom. The minimum atomic E-state index is -0.370. The summed E-state index contributed by atoms with van der Waals surface area (Å²) in [6, 6.07) is 8.24. The van der Waals surface area contributed by atoms with Crippen LogP contribution in [0.25, 0.3) is 0 Å². The Hall–Kier alpha value is -2.34. The zero-order valence-electron chi connectivity index (χ0n) is 10.8. The first kappa shape index (κ1) is 14.1. The molecule has 2 rings (SSSR count). The number of hydrogen-bond acceptors (Lipinski definition) is 4. The molecule has 0 saturated carbocycles. The molecular weight excluding hydrogens is 280 g/mol. The minimum Gasteiger partial charge on any atom is -0.387 e. The first-order valence-corrected chi connectivity index (χ1v) is 6.27. The zero-order chi connectivity index (χ0) is 14.5. The summed E-state index contributed by atoms with van der Waals surface area (Å²) in [5.41, 5.74) is 0.739. The SMILES string of the molecule is CNc1cnn(CC(=O)Nc2ccccc2Cl)c(=O)c1. The fraction of sp³-hybridized carbons (Fsp3) is 0.154. The molecule has 7 heteroatoms. The highest BCUT2D eigenvalue weighted by Gasteiger charge is 2.08. The monoisotopic (exact) mass is 292 g/mol. The third-order valence-corrected chi connectivity index (χ3v) is 2.93. The molecule has 1 aromatic carbocycles. The Kier molecular flexibility index (Phi) is 4.37. The van der Waals surface area contributed by atoms with E-state index >= 15 is 0 Å². The van der Waals surface area contributed by atoms with Crippen LogP contribution >= 0.6 is 11.6 Å². The van der Waals surface area contributed by atoms with E-state index in [-0.39, 0.29) is 18.0 Å². The summed E-state index contributed by atoms with van der Waals surface area (Å²) in [4.78, 5) is 23.6. The Balaban J connectivity index is 2.09. The van der Waals surface area contributed by atoms with E-state index in [4.69, 9.17) is 11.6 Å². The second-order valence-corrected chi connectivity index (χ2v) is 4.43. The first-order chi connectivity index (χ1) is 9.60. The molecule has 0 fully saturated rings. The second kappa shape index (κ2) is 6.21. The third-order valence-electron chi connectivity index (χ3n) is 2.60. The highest BCUT2D eigenvalue weighted by atomic mass is 35.5. The van der Waals surface area contributed by atoms with Crippen molar-refractivity contribution in [2.45, 2.75) is 6.54 Å². The molecule has 1 aromatic heterocycles. The highest BCUT2D eigenvalue weighted by molar-refractivity contribution is 6.33. The fourth-order valence-electron chi connectivity index (χ4n) is 1.58. The van der Waals surface area contributed by atoms with Crippen molar-refractivity contribution >= 4 is 28.9 Å². The van der Waals surface area contributed by atoms with Gasteiger partial charge in [0, 0.05) is 13.1 Å². The van der Waals surface area contributed by atoms with Crippen molar-refractivity contribution in [3.63, 3.8) is 0 Å². The number of aromatic nitrogens is 2. The van der Waals surface area contributed by atoms with Crippen molar-refractivity contribution in [1.29, 1.82) is 0 Å². The van der Waals surface area contributed by atoms with Gasteiger partial charge in [-0.1, -0.05) is 23.7 Å². The molecule has 0 unspecified atom stereocenters. The maximum Gasteiger partial charge on any atom is 0.269 e. The van der Waals surface area contributed by atoms with Crippen LogP contribution < -0.4 is 16.2 Å². The number of hydrogen-bond donors (Lipinski definition) is 2. The van der Waals surface area contributed by atoms with Gasteiger partial charge in [-0.3, -0.25) is 9.59 Å². The van der Waals surface area contributed by atoms with Crippen LogP contribution in [-0.2, 0) is 11.3 Å².